The van der Waals surface area contributed by atoms with Gasteiger partial charge in [-0.1, -0.05) is 0 Å². The maximum absolute atomic E-state index is 12.8. The van der Waals surface area contributed by atoms with Gasteiger partial charge >= 0.3 is 5.97 Å². The number of carbonyl (C=O) groups excluding carboxylic acids is 1. The molecule has 0 saturated carbocycles. The molecular formula is C19H33NO8. The van der Waals surface area contributed by atoms with E-state index >= 15 is 0 Å². The largest absolute Gasteiger partial charge is 0.459 e. The number of aliphatic hydroxyl groups excluding tert-OH is 2. The van der Waals surface area contributed by atoms with Gasteiger partial charge in [-0.15, -0.1) is 5.06 Å². The van der Waals surface area contributed by atoms with Crippen LogP contribution in [0.1, 0.15) is 54.9 Å². The van der Waals surface area contributed by atoms with Gasteiger partial charge in [0.2, 0.25) is 0 Å². The molecule has 3 aliphatic heterocycles. The first-order chi connectivity index (χ1) is 12.7. The molecule has 28 heavy (non-hydrogen) atoms. The first-order valence-electron chi connectivity index (χ1n) is 9.73. The molecule has 3 rings (SSSR count). The smallest absolute Gasteiger partial charge is 0.326 e. The molecule has 0 aromatic heterocycles. The summed E-state index contributed by atoms with van der Waals surface area (Å²) in [4.78, 5) is 18.6. The molecule has 3 saturated heterocycles. The summed E-state index contributed by atoms with van der Waals surface area (Å²) in [5, 5.41) is 21.5. The third-order valence-corrected chi connectivity index (χ3v) is 5.47. The molecular weight excluding hydrogens is 370 g/mol. The third-order valence-electron chi connectivity index (χ3n) is 5.47. The van der Waals surface area contributed by atoms with Crippen LogP contribution in [0, 0.1) is 0 Å². The van der Waals surface area contributed by atoms with Gasteiger partial charge in [-0.3, -0.25) is 9.63 Å². The Morgan fingerprint density at radius 1 is 1.21 bits per heavy atom. The van der Waals surface area contributed by atoms with Gasteiger partial charge in [-0.2, -0.15) is 0 Å². The molecule has 9 nitrogen and oxygen atoms in total. The van der Waals surface area contributed by atoms with Crippen molar-refractivity contribution in [2.24, 2.45) is 0 Å². The van der Waals surface area contributed by atoms with Gasteiger partial charge < -0.3 is 29.2 Å². The number of fused-ring (bicyclic) bond motifs is 1. The fraction of sp³-hybridized carbons (Fsp3) is 0.947. The molecule has 0 aromatic rings. The van der Waals surface area contributed by atoms with E-state index in [1.807, 2.05) is 0 Å². The molecule has 0 spiro atoms. The van der Waals surface area contributed by atoms with Crippen molar-refractivity contribution in [3.05, 3.63) is 0 Å². The number of hydrogen-bond acceptors (Lipinski definition) is 9. The lowest BCUT2D eigenvalue weighted by molar-refractivity contribution is -0.341. The van der Waals surface area contributed by atoms with Crippen molar-refractivity contribution in [1.29, 1.82) is 0 Å². The van der Waals surface area contributed by atoms with Crippen LogP contribution < -0.4 is 0 Å². The highest BCUT2D eigenvalue weighted by atomic mass is 16.8. The second kappa shape index (κ2) is 6.87. The predicted molar refractivity (Wildman–Crippen MR) is 96.9 cm³/mol. The number of aliphatic hydroxyl groups is 2. The average Bonchev–Trinajstić information content (AvgIpc) is 3.21. The lowest BCUT2D eigenvalue weighted by atomic mass is 9.90. The number of ether oxygens (including phenoxy) is 4. The van der Waals surface area contributed by atoms with Crippen molar-refractivity contribution in [2.45, 2.75) is 102 Å². The standard InChI is InChI=1S/C19H33NO8/c1-16(2,3)27-15(23)11-8-9-24-20(11)19(7)14-13(25-17(4,5)26-14)18(6,28-19)12(22)10-21/h11-14,21-22H,8-10H2,1-7H3/t11-,12?,13?,14?,18?,19?/m1/s1. The summed E-state index contributed by atoms with van der Waals surface area (Å²) < 4.78 is 24.0. The molecule has 3 fully saturated rings. The molecule has 5 unspecified atom stereocenters. The molecule has 2 N–H and O–H groups in total. The second-order valence-corrected chi connectivity index (χ2v) is 9.51. The molecule has 0 radical (unpaired) electrons. The maximum Gasteiger partial charge on any atom is 0.326 e. The van der Waals surface area contributed by atoms with Crippen molar-refractivity contribution in [3.8, 4) is 0 Å². The summed E-state index contributed by atoms with van der Waals surface area (Å²) in [5.41, 5.74) is -3.13. The van der Waals surface area contributed by atoms with E-state index < -0.39 is 59.6 Å². The van der Waals surface area contributed by atoms with Crippen molar-refractivity contribution in [3.63, 3.8) is 0 Å². The first kappa shape index (κ1) is 21.9. The molecule has 162 valence electrons. The number of carbonyl (C=O) groups is 1. The highest BCUT2D eigenvalue weighted by Crippen LogP contribution is 2.52. The lowest BCUT2D eigenvalue weighted by Gasteiger charge is -2.42. The second-order valence-electron chi connectivity index (χ2n) is 9.51. The monoisotopic (exact) mass is 403 g/mol. The van der Waals surface area contributed by atoms with Crippen LogP contribution in [-0.4, -0.2) is 81.5 Å². The number of nitrogens with zero attached hydrogens (tertiary/aromatic N) is 1. The number of esters is 1. The molecule has 0 bridgehead atoms. The Labute approximate surface area is 165 Å². The van der Waals surface area contributed by atoms with Crippen LogP contribution in [0.5, 0.6) is 0 Å². The zero-order chi connectivity index (χ0) is 21.1. The maximum atomic E-state index is 12.8. The summed E-state index contributed by atoms with van der Waals surface area (Å²) in [6.45, 7) is 12.2. The number of rotatable bonds is 4. The van der Waals surface area contributed by atoms with Crippen LogP contribution in [-0.2, 0) is 28.6 Å². The average molecular weight is 403 g/mol. The van der Waals surface area contributed by atoms with Crippen LogP contribution in [0.4, 0.5) is 0 Å². The highest BCUT2D eigenvalue weighted by Gasteiger charge is 2.71. The van der Waals surface area contributed by atoms with Gasteiger partial charge in [0, 0.05) is 6.42 Å². The van der Waals surface area contributed by atoms with Gasteiger partial charge in [0.1, 0.15) is 35.6 Å². The zero-order valence-corrected chi connectivity index (χ0v) is 17.7. The quantitative estimate of drug-likeness (QED) is 0.656. The van der Waals surface area contributed by atoms with Crippen LogP contribution >= 0.6 is 0 Å². The Hall–Kier alpha value is -0.810. The summed E-state index contributed by atoms with van der Waals surface area (Å²) in [6, 6.07) is -0.689. The van der Waals surface area contributed by atoms with E-state index in [1.54, 1.807) is 48.5 Å². The zero-order valence-electron chi connectivity index (χ0n) is 17.7. The van der Waals surface area contributed by atoms with E-state index in [0.29, 0.717) is 13.0 Å². The van der Waals surface area contributed by atoms with Crippen molar-refractivity contribution >= 4 is 5.97 Å². The van der Waals surface area contributed by atoms with E-state index in [4.69, 9.17) is 23.8 Å². The normalized spacial score (nSPS) is 41.8. The van der Waals surface area contributed by atoms with Crippen LogP contribution in [0.15, 0.2) is 0 Å². The third kappa shape index (κ3) is 3.58. The fourth-order valence-electron chi connectivity index (χ4n) is 4.23. The topological polar surface area (TPSA) is 107 Å². The Morgan fingerprint density at radius 3 is 2.39 bits per heavy atom. The van der Waals surface area contributed by atoms with Crippen molar-refractivity contribution in [2.75, 3.05) is 13.2 Å². The van der Waals surface area contributed by atoms with Gasteiger partial charge in [0.25, 0.3) is 0 Å². The van der Waals surface area contributed by atoms with E-state index in [2.05, 4.69) is 0 Å². The van der Waals surface area contributed by atoms with E-state index in [1.165, 1.54) is 5.06 Å². The van der Waals surface area contributed by atoms with E-state index in [9.17, 15) is 15.0 Å². The van der Waals surface area contributed by atoms with Crippen molar-refractivity contribution < 1.29 is 38.8 Å². The van der Waals surface area contributed by atoms with E-state index in [0.717, 1.165) is 0 Å². The first-order valence-corrected chi connectivity index (χ1v) is 9.73. The Bertz CT molecular complexity index is 620. The van der Waals surface area contributed by atoms with Gasteiger partial charge in [-0.25, -0.2) is 0 Å². The molecule has 0 aliphatic carbocycles. The summed E-state index contributed by atoms with van der Waals surface area (Å²) in [5.74, 6) is -1.33. The predicted octanol–water partition coefficient (Wildman–Crippen LogP) is 0.712. The lowest BCUT2D eigenvalue weighted by Crippen LogP contribution is -2.58. The van der Waals surface area contributed by atoms with E-state index in [-0.39, 0.29) is 0 Å². The number of hydrogen-bond donors (Lipinski definition) is 2. The molecule has 0 aromatic carbocycles. The van der Waals surface area contributed by atoms with Crippen molar-refractivity contribution in [1.82, 2.24) is 5.06 Å². The summed E-state index contributed by atoms with van der Waals surface area (Å²) >= 11 is 0. The van der Waals surface area contributed by atoms with Crippen LogP contribution in [0.2, 0.25) is 0 Å². The Morgan fingerprint density at radius 2 is 1.82 bits per heavy atom. The fourth-order valence-corrected chi connectivity index (χ4v) is 4.23. The minimum Gasteiger partial charge on any atom is -0.459 e. The van der Waals surface area contributed by atoms with Gasteiger partial charge in [0.05, 0.1) is 13.2 Å². The summed E-state index contributed by atoms with van der Waals surface area (Å²) in [7, 11) is 0. The van der Waals surface area contributed by atoms with Crippen LogP contribution in [0.25, 0.3) is 0 Å². The molecule has 3 aliphatic rings. The minimum absolute atomic E-state index is 0.323. The SMILES string of the molecule is CC(C)(C)OC(=O)[C@H]1CCON1C1(C)OC(C)(C(O)CO)C2OC(C)(C)OC21. The Kier molecular flexibility index (Phi) is 5.37. The molecule has 9 heteroatoms. The van der Waals surface area contributed by atoms with Gasteiger partial charge in [0.15, 0.2) is 11.5 Å². The summed E-state index contributed by atoms with van der Waals surface area (Å²) in [6.07, 6.45) is -2.09. The highest BCUT2D eigenvalue weighted by molar-refractivity contribution is 5.76. The minimum atomic E-state index is -1.26. The van der Waals surface area contributed by atoms with Gasteiger partial charge in [-0.05, 0) is 48.5 Å². The van der Waals surface area contributed by atoms with Crippen LogP contribution in [0.3, 0.4) is 0 Å². The molecule has 3 heterocycles. The molecule has 0 amide bonds. The number of hydroxylamine groups is 2. The Balaban J connectivity index is 1.94. The molecule has 6 atom stereocenters.